The number of aliphatic hydroxyl groups is 2. The zero-order valence-corrected chi connectivity index (χ0v) is 9.05. The van der Waals surface area contributed by atoms with Crippen molar-refractivity contribution in [2.75, 3.05) is 0 Å². The third kappa shape index (κ3) is 1.80. The lowest BCUT2D eigenvalue weighted by Gasteiger charge is -2.45. The van der Waals surface area contributed by atoms with E-state index >= 15 is 0 Å². The van der Waals surface area contributed by atoms with E-state index in [9.17, 15) is 10.2 Å². The quantitative estimate of drug-likeness (QED) is 0.685. The van der Waals surface area contributed by atoms with E-state index in [1.165, 1.54) is 0 Å². The van der Waals surface area contributed by atoms with Crippen molar-refractivity contribution < 1.29 is 10.2 Å². The molecule has 0 aliphatic heterocycles. The number of aliphatic hydroxyl groups excluding tert-OH is 2. The first-order chi connectivity index (χ1) is 5.14. The van der Waals surface area contributed by atoms with Gasteiger partial charge in [0.15, 0.2) is 0 Å². The Bertz CT molecular complexity index is 128. The molecular formula is C10H22O2. The van der Waals surface area contributed by atoms with E-state index in [2.05, 4.69) is 0 Å². The molecule has 2 N–H and O–H groups in total. The normalized spacial score (nSPS) is 19.0. The predicted molar refractivity (Wildman–Crippen MR) is 50.9 cm³/mol. The average molecular weight is 174 g/mol. The fourth-order valence-electron chi connectivity index (χ4n) is 1.08. The van der Waals surface area contributed by atoms with Crippen molar-refractivity contribution in [3.63, 3.8) is 0 Å². The predicted octanol–water partition coefficient (Wildman–Crippen LogP) is 1.80. The first kappa shape index (κ1) is 11.9. The molecule has 0 heterocycles. The standard InChI is InChI=1S/C10H22O2/c1-7(11)9(3,4)10(5,6)8(2)12/h7-8,11-12H,1-6H3. The van der Waals surface area contributed by atoms with E-state index in [4.69, 9.17) is 0 Å². The van der Waals surface area contributed by atoms with Crippen molar-refractivity contribution >= 4 is 0 Å². The van der Waals surface area contributed by atoms with Crippen LogP contribution in [0.4, 0.5) is 0 Å². The molecule has 2 unspecified atom stereocenters. The Hall–Kier alpha value is -0.0800. The second-order valence-electron chi connectivity index (χ2n) is 4.80. The summed E-state index contributed by atoms with van der Waals surface area (Å²) in [6.07, 6.45) is -0.829. The van der Waals surface area contributed by atoms with Gasteiger partial charge in [-0.3, -0.25) is 0 Å². The van der Waals surface area contributed by atoms with Gasteiger partial charge in [-0.05, 0) is 24.7 Å². The van der Waals surface area contributed by atoms with Crippen LogP contribution >= 0.6 is 0 Å². The molecule has 0 aromatic heterocycles. The number of hydrogen-bond donors (Lipinski definition) is 2. The third-order valence-electron chi connectivity index (χ3n) is 3.75. The Morgan fingerprint density at radius 3 is 1.00 bits per heavy atom. The zero-order valence-electron chi connectivity index (χ0n) is 9.05. The average Bonchev–Trinajstić information content (AvgIpc) is 1.86. The van der Waals surface area contributed by atoms with Gasteiger partial charge in [-0.1, -0.05) is 27.7 Å². The molecule has 0 saturated heterocycles. The fourth-order valence-corrected chi connectivity index (χ4v) is 1.08. The lowest BCUT2D eigenvalue weighted by atomic mass is 9.62. The number of hydrogen-bond acceptors (Lipinski definition) is 2. The van der Waals surface area contributed by atoms with Crippen LogP contribution < -0.4 is 0 Å². The largest absolute Gasteiger partial charge is 0.393 e. The smallest absolute Gasteiger partial charge is 0.0569 e. The molecule has 0 bridgehead atoms. The Balaban J connectivity index is 4.75. The van der Waals surface area contributed by atoms with Gasteiger partial charge in [0.1, 0.15) is 0 Å². The van der Waals surface area contributed by atoms with Crippen molar-refractivity contribution in [3.05, 3.63) is 0 Å². The van der Waals surface area contributed by atoms with Crippen molar-refractivity contribution in [2.24, 2.45) is 10.8 Å². The minimum Gasteiger partial charge on any atom is -0.393 e. The second-order valence-corrected chi connectivity index (χ2v) is 4.80. The van der Waals surface area contributed by atoms with Crippen LogP contribution in [-0.4, -0.2) is 22.4 Å². The molecule has 0 fully saturated rings. The minimum atomic E-state index is -0.415. The molecule has 0 aliphatic rings. The van der Waals surface area contributed by atoms with Crippen LogP contribution in [0.2, 0.25) is 0 Å². The zero-order chi connectivity index (χ0) is 10.2. The SMILES string of the molecule is CC(O)C(C)(C)C(C)(C)C(C)O. The maximum absolute atomic E-state index is 9.55. The Morgan fingerprint density at radius 1 is 0.750 bits per heavy atom. The highest BCUT2D eigenvalue weighted by molar-refractivity contribution is 4.92. The summed E-state index contributed by atoms with van der Waals surface area (Å²) in [4.78, 5) is 0. The van der Waals surface area contributed by atoms with E-state index in [0.717, 1.165) is 0 Å². The van der Waals surface area contributed by atoms with E-state index in [1.807, 2.05) is 27.7 Å². The molecule has 2 atom stereocenters. The molecular weight excluding hydrogens is 152 g/mol. The van der Waals surface area contributed by atoms with Crippen LogP contribution in [0.5, 0.6) is 0 Å². The molecule has 0 rings (SSSR count). The molecule has 2 nitrogen and oxygen atoms in total. The summed E-state index contributed by atoms with van der Waals surface area (Å²) < 4.78 is 0. The molecule has 74 valence electrons. The summed E-state index contributed by atoms with van der Waals surface area (Å²) in [6, 6.07) is 0. The molecule has 0 amide bonds. The Morgan fingerprint density at radius 2 is 0.917 bits per heavy atom. The van der Waals surface area contributed by atoms with Crippen molar-refractivity contribution in [1.29, 1.82) is 0 Å². The molecule has 0 saturated carbocycles. The van der Waals surface area contributed by atoms with Crippen LogP contribution in [0.1, 0.15) is 41.5 Å². The highest BCUT2D eigenvalue weighted by Gasteiger charge is 2.43. The monoisotopic (exact) mass is 174 g/mol. The van der Waals surface area contributed by atoms with Crippen molar-refractivity contribution in [1.82, 2.24) is 0 Å². The van der Waals surface area contributed by atoms with E-state index in [1.54, 1.807) is 13.8 Å². The van der Waals surface area contributed by atoms with Crippen LogP contribution in [0.25, 0.3) is 0 Å². The molecule has 12 heavy (non-hydrogen) atoms. The van der Waals surface area contributed by atoms with E-state index in [0.29, 0.717) is 0 Å². The van der Waals surface area contributed by atoms with Crippen molar-refractivity contribution in [2.45, 2.75) is 53.8 Å². The van der Waals surface area contributed by atoms with Crippen LogP contribution in [-0.2, 0) is 0 Å². The summed E-state index contributed by atoms with van der Waals surface area (Å²) in [5.41, 5.74) is -0.553. The summed E-state index contributed by atoms with van der Waals surface area (Å²) in [5.74, 6) is 0. The van der Waals surface area contributed by atoms with E-state index < -0.39 is 12.2 Å². The highest BCUT2D eigenvalue weighted by Crippen LogP contribution is 2.43. The van der Waals surface area contributed by atoms with Gasteiger partial charge in [0.05, 0.1) is 12.2 Å². The molecule has 2 heteroatoms. The Labute approximate surface area is 75.6 Å². The second kappa shape index (κ2) is 3.35. The Kier molecular flexibility index (Phi) is 3.32. The topological polar surface area (TPSA) is 40.5 Å². The number of rotatable bonds is 3. The first-order valence-electron chi connectivity index (χ1n) is 4.50. The summed E-state index contributed by atoms with van der Waals surface area (Å²) in [6.45, 7) is 11.4. The molecule has 0 radical (unpaired) electrons. The maximum Gasteiger partial charge on any atom is 0.0569 e. The van der Waals surface area contributed by atoms with Gasteiger partial charge in [-0.25, -0.2) is 0 Å². The molecule has 0 aromatic carbocycles. The molecule has 0 aliphatic carbocycles. The third-order valence-corrected chi connectivity index (χ3v) is 3.75. The van der Waals surface area contributed by atoms with Gasteiger partial charge >= 0.3 is 0 Å². The van der Waals surface area contributed by atoms with Gasteiger partial charge in [0.2, 0.25) is 0 Å². The highest BCUT2D eigenvalue weighted by atomic mass is 16.3. The summed E-state index contributed by atoms with van der Waals surface area (Å²) >= 11 is 0. The van der Waals surface area contributed by atoms with Crippen LogP contribution in [0, 0.1) is 10.8 Å². The van der Waals surface area contributed by atoms with Gasteiger partial charge < -0.3 is 10.2 Å². The van der Waals surface area contributed by atoms with Gasteiger partial charge in [-0.15, -0.1) is 0 Å². The van der Waals surface area contributed by atoms with E-state index in [-0.39, 0.29) is 10.8 Å². The van der Waals surface area contributed by atoms with Gasteiger partial charge in [-0.2, -0.15) is 0 Å². The maximum atomic E-state index is 9.55. The van der Waals surface area contributed by atoms with Crippen LogP contribution in [0.15, 0.2) is 0 Å². The fraction of sp³-hybridized carbons (Fsp3) is 1.00. The first-order valence-corrected chi connectivity index (χ1v) is 4.50. The lowest BCUT2D eigenvalue weighted by Crippen LogP contribution is -2.47. The van der Waals surface area contributed by atoms with Gasteiger partial charge in [0, 0.05) is 0 Å². The summed E-state index contributed by atoms with van der Waals surface area (Å²) in [7, 11) is 0. The van der Waals surface area contributed by atoms with Crippen molar-refractivity contribution in [3.8, 4) is 0 Å². The van der Waals surface area contributed by atoms with Gasteiger partial charge in [0.25, 0.3) is 0 Å². The molecule has 0 aromatic rings. The summed E-state index contributed by atoms with van der Waals surface area (Å²) in [5, 5.41) is 19.1. The lowest BCUT2D eigenvalue weighted by molar-refractivity contribution is -0.0865. The van der Waals surface area contributed by atoms with Crippen LogP contribution in [0.3, 0.4) is 0 Å². The molecule has 0 spiro atoms. The minimum absolute atomic E-state index is 0.277.